The van der Waals surface area contributed by atoms with Gasteiger partial charge in [-0.05, 0) is 12.8 Å². The molecular weight excluding hydrogens is 248 g/mol. The van der Waals surface area contributed by atoms with Gasteiger partial charge in [-0.3, -0.25) is 9.69 Å². The molecule has 1 aliphatic carbocycles. The molecule has 0 aromatic carbocycles. The van der Waals surface area contributed by atoms with Gasteiger partial charge in [-0.15, -0.1) is 0 Å². The lowest BCUT2D eigenvalue weighted by Crippen LogP contribution is -2.52. The van der Waals surface area contributed by atoms with E-state index >= 15 is 0 Å². The Morgan fingerprint density at radius 1 is 1.05 bits per heavy atom. The molecule has 0 aromatic heterocycles. The molecule has 0 atom stereocenters. The average Bonchev–Trinajstić information content (AvgIpc) is 2.92. The van der Waals surface area contributed by atoms with Crippen molar-refractivity contribution in [3.8, 4) is 0 Å². The second-order valence-electron chi connectivity index (χ2n) is 5.24. The van der Waals surface area contributed by atoms with Crippen molar-refractivity contribution < 1.29 is 19.4 Å². The molecule has 0 bridgehead atoms. The lowest BCUT2D eigenvalue weighted by Gasteiger charge is -2.38. The zero-order valence-corrected chi connectivity index (χ0v) is 11.2. The van der Waals surface area contributed by atoms with Crippen molar-refractivity contribution in [3.05, 3.63) is 0 Å². The molecule has 0 aromatic rings. The molecule has 0 spiro atoms. The van der Waals surface area contributed by atoms with Crippen LogP contribution in [0.3, 0.4) is 0 Å². The van der Waals surface area contributed by atoms with Gasteiger partial charge >= 0.3 is 5.97 Å². The Hall–Kier alpha value is -1.14. The fourth-order valence-corrected chi connectivity index (χ4v) is 2.92. The minimum absolute atomic E-state index is 0.104. The van der Waals surface area contributed by atoms with Gasteiger partial charge in [0.05, 0.1) is 0 Å². The van der Waals surface area contributed by atoms with E-state index in [1.165, 1.54) is 25.7 Å². The van der Waals surface area contributed by atoms with Crippen LogP contribution in [0.2, 0.25) is 0 Å². The van der Waals surface area contributed by atoms with Crippen LogP contribution < -0.4 is 0 Å². The molecule has 108 valence electrons. The highest BCUT2D eigenvalue weighted by Gasteiger charge is 2.27. The molecule has 2 aliphatic rings. The third kappa shape index (κ3) is 4.18. The Morgan fingerprint density at radius 2 is 1.68 bits per heavy atom. The first-order valence-electron chi connectivity index (χ1n) is 6.98. The van der Waals surface area contributed by atoms with Crippen LogP contribution in [0.5, 0.6) is 0 Å². The van der Waals surface area contributed by atoms with Gasteiger partial charge in [0.15, 0.2) is 0 Å². The highest BCUT2D eigenvalue weighted by Crippen LogP contribution is 2.24. The van der Waals surface area contributed by atoms with Crippen LogP contribution in [0.4, 0.5) is 0 Å². The van der Waals surface area contributed by atoms with Crippen molar-refractivity contribution in [2.24, 2.45) is 0 Å². The third-order valence-electron chi connectivity index (χ3n) is 3.96. The molecule has 6 heteroatoms. The first-order chi connectivity index (χ1) is 9.16. The van der Waals surface area contributed by atoms with E-state index in [4.69, 9.17) is 9.84 Å². The van der Waals surface area contributed by atoms with E-state index < -0.39 is 12.6 Å². The lowest BCUT2D eigenvalue weighted by molar-refractivity contribution is -0.146. The lowest BCUT2D eigenvalue weighted by atomic mass is 10.2. The monoisotopic (exact) mass is 270 g/mol. The Kier molecular flexibility index (Phi) is 5.15. The van der Waals surface area contributed by atoms with Crippen molar-refractivity contribution in [3.63, 3.8) is 0 Å². The largest absolute Gasteiger partial charge is 0.480 e. The average molecular weight is 270 g/mol. The number of carbonyl (C=O) groups is 2. The number of carboxylic acids is 1. The number of nitrogens with zero attached hydrogens (tertiary/aromatic N) is 2. The molecule has 1 N–H and O–H groups in total. The minimum atomic E-state index is -1.04. The van der Waals surface area contributed by atoms with Crippen molar-refractivity contribution in [1.29, 1.82) is 0 Å². The van der Waals surface area contributed by atoms with Crippen LogP contribution in [0, 0.1) is 0 Å². The predicted molar refractivity (Wildman–Crippen MR) is 68.9 cm³/mol. The van der Waals surface area contributed by atoms with E-state index in [9.17, 15) is 9.59 Å². The van der Waals surface area contributed by atoms with Gasteiger partial charge in [0, 0.05) is 32.2 Å². The number of amides is 1. The van der Waals surface area contributed by atoms with Gasteiger partial charge in [-0.2, -0.15) is 0 Å². The number of carboxylic acid groups (broad SMARTS) is 1. The van der Waals surface area contributed by atoms with Crippen molar-refractivity contribution in [2.45, 2.75) is 31.7 Å². The van der Waals surface area contributed by atoms with Crippen molar-refractivity contribution >= 4 is 11.9 Å². The summed E-state index contributed by atoms with van der Waals surface area (Å²) in [6.45, 7) is 2.77. The molecule has 1 amide bonds. The summed E-state index contributed by atoms with van der Waals surface area (Å²) < 4.78 is 4.83. The van der Waals surface area contributed by atoms with Crippen LogP contribution in [-0.2, 0) is 14.3 Å². The summed E-state index contributed by atoms with van der Waals surface area (Å²) in [6.07, 6.45) is 5.23. The van der Waals surface area contributed by atoms with E-state index in [-0.39, 0.29) is 12.5 Å². The second kappa shape index (κ2) is 6.86. The number of rotatable bonds is 5. The van der Waals surface area contributed by atoms with Gasteiger partial charge in [0.2, 0.25) is 5.91 Å². The Bertz CT molecular complexity index is 321. The third-order valence-corrected chi connectivity index (χ3v) is 3.96. The number of hydrogen-bond donors (Lipinski definition) is 1. The molecule has 2 fully saturated rings. The summed E-state index contributed by atoms with van der Waals surface area (Å²) in [5.74, 6) is -1.15. The van der Waals surface area contributed by atoms with E-state index in [1.807, 2.05) is 0 Å². The summed E-state index contributed by atoms with van der Waals surface area (Å²) in [6, 6.07) is 0.709. The molecule has 1 heterocycles. The maximum Gasteiger partial charge on any atom is 0.329 e. The molecule has 1 aliphatic heterocycles. The summed E-state index contributed by atoms with van der Waals surface area (Å²) in [5.41, 5.74) is 0. The van der Waals surface area contributed by atoms with Gasteiger partial charge in [0.1, 0.15) is 13.2 Å². The molecule has 19 heavy (non-hydrogen) atoms. The van der Waals surface area contributed by atoms with E-state index in [2.05, 4.69) is 4.90 Å². The van der Waals surface area contributed by atoms with E-state index in [0.29, 0.717) is 6.04 Å². The summed E-state index contributed by atoms with van der Waals surface area (Å²) >= 11 is 0. The predicted octanol–water partition coefficient (Wildman–Crippen LogP) is 0.174. The van der Waals surface area contributed by atoms with Gasteiger partial charge in [-0.1, -0.05) is 12.8 Å². The van der Waals surface area contributed by atoms with Crippen LogP contribution in [0.1, 0.15) is 25.7 Å². The van der Waals surface area contributed by atoms with Gasteiger partial charge < -0.3 is 14.7 Å². The van der Waals surface area contributed by atoms with Crippen LogP contribution >= 0.6 is 0 Å². The van der Waals surface area contributed by atoms with E-state index in [0.717, 1.165) is 26.2 Å². The van der Waals surface area contributed by atoms with Crippen LogP contribution in [-0.4, -0.2) is 72.2 Å². The van der Waals surface area contributed by atoms with Crippen LogP contribution in [0.15, 0.2) is 0 Å². The highest BCUT2D eigenvalue weighted by atomic mass is 16.5. The second-order valence-corrected chi connectivity index (χ2v) is 5.24. The number of ether oxygens (including phenoxy) is 1. The molecule has 2 rings (SSSR count). The van der Waals surface area contributed by atoms with Crippen molar-refractivity contribution in [2.75, 3.05) is 39.4 Å². The summed E-state index contributed by atoms with van der Waals surface area (Å²) in [4.78, 5) is 26.3. The number of aliphatic carboxylic acids is 1. The fourth-order valence-electron chi connectivity index (χ4n) is 2.92. The first-order valence-corrected chi connectivity index (χ1v) is 6.98. The van der Waals surface area contributed by atoms with Gasteiger partial charge in [-0.25, -0.2) is 4.79 Å². The first kappa shape index (κ1) is 14.3. The zero-order valence-electron chi connectivity index (χ0n) is 11.2. The Balaban J connectivity index is 1.67. The van der Waals surface area contributed by atoms with E-state index in [1.54, 1.807) is 4.90 Å². The minimum Gasteiger partial charge on any atom is -0.480 e. The summed E-state index contributed by atoms with van der Waals surface area (Å²) in [7, 11) is 0. The maximum absolute atomic E-state index is 11.8. The smallest absolute Gasteiger partial charge is 0.329 e. The molecule has 0 unspecified atom stereocenters. The number of hydrogen-bond acceptors (Lipinski definition) is 4. The molecular formula is C13H22N2O4. The maximum atomic E-state index is 11.8. The normalized spacial score (nSPS) is 21.8. The molecule has 6 nitrogen and oxygen atoms in total. The van der Waals surface area contributed by atoms with Crippen molar-refractivity contribution in [1.82, 2.24) is 9.80 Å². The fraction of sp³-hybridized carbons (Fsp3) is 0.846. The quantitative estimate of drug-likeness (QED) is 0.771. The summed E-state index contributed by atoms with van der Waals surface area (Å²) in [5, 5.41) is 8.44. The molecule has 0 radical (unpaired) electrons. The topological polar surface area (TPSA) is 70.1 Å². The number of piperazine rings is 1. The van der Waals surface area contributed by atoms with Gasteiger partial charge in [0.25, 0.3) is 0 Å². The number of carbonyl (C=O) groups excluding carboxylic acids is 1. The molecule has 1 saturated carbocycles. The SMILES string of the molecule is O=C(O)COCC(=O)N1CCN(C2CCCC2)CC1. The van der Waals surface area contributed by atoms with Crippen LogP contribution in [0.25, 0.3) is 0 Å². The molecule has 1 saturated heterocycles. The Labute approximate surface area is 113 Å². The standard InChI is InChI=1S/C13H22N2O4/c16-12(9-19-10-13(17)18)15-7-5-14(6-8-15)11-3-1-2-4-11/h11H,1-10H2,(H,17,18). The highest BCUT2D eigenvalue weighted by molar-refractivity contribution is 5.78. The zero-order chi connectivity index (χ0) is 13.7. The Morgan fingerprint density at radius 3 is 2.26 bits per heavy atom.